The topological polar surface area (TPSA) is 91.8 Å². The highest BCUT2D eigenvalue weighted by molar-refractivity contribution is 5.96. The Morgan fingerprint density at radius 3 is 2.55 bits per heavy atom. The minimum absolute atomic E-state index is 0.293. The first kappa shape index (κ1) is 19.9. The van der Waals surface area contributed by atoms with E-state index < -0.39 is 0 Å². The van der Waals surface area contributed by atoms with Crippen molar-refractivity contribution >= 4 is 17.8 Å². The molecule has 0 bridgehead atoms. The zero-order chi connectivity index (χ0) is 20.8. The number of hydrazone groups is 1. The molecule has 3 aromatic rings. The summed E-state index contributed by atoms with van der Waals surface area (Å²) in [6.45, 7) is 0. The van der Waals surface area contributed by atoms with Crippen LogP contribution in [-0.2, 0) is 0 Å². The first-order valence-electron chi connectivity index (χ1n) is 8.90. The van der Waals surface area contributed by atoms with Crippen LogP contribution in [0.5, 0.6) is 11.5 Å². The number of amides is 1. The first-order chi connectivity index (χ1) is 14.0. The lowest BCUT2D eigenvalue weighted by atomic mass is 10.1. The molecule has 0 aliphatic heterocycles. The van der Waals surface area contributed by atoms with Gasteiger partial charge in [0.15, 0.2) is 0 Å². The number of H-pyrrole nitrogens is 1. The Morgan fingerprint density at radius 1 is 1.14 bits per heavy atom. The molecule has 3 rings (SSSR count). The highest BCUT2D eigenvalue weighted by atomic mass is 16.5. The summed E-state index contributed by atoms with van der Waals surface area (Å²) in [5, 5.41) is 11.1. The van der Waals surface area contributed by atoms with Gasteiger partial charge in [-0.1, -0.05) is 0 Å². The van der Waals surface area contributed by atoms with Crippen LogP contribution in [0.25, 0.3) is 11.3 Å². The molecule has 29 heavy (non-hydrogen) atoms. The molecule has 1 heterocycles. The molecule has 2 N–H and O–H groups in total. The maximum atomic E-state index is 12.3. The number of anilines is 1. The van der Waals surface area contributed by atoms with E-state index in [-0.39, 0.29) is 5.91 Å². The third kappa shape index (κ3) is 4.55. The summed E-state index contributed by atoms with van der Waals surface area (Å²) in [5.41, 5.74) is 6.30. The van der Waals surface area contributed by atoms with E-state index in [1.165, 1.54) is 6.21 Å². The minimum Gasteiger partial charge on any atom is -0.497 e. The third-order valence-corrected chi connectivity index (χ3v) is 4.36. The van der Waals surface area contributed by atoms with E-state index >= 15 is 0 Å². The molecule has 0 radical (unpaired) electrons. The molecule has 0 unspecified atom stereocenters. The Labute approximate surface area is 169 Å². The molecule has 2 aromatic carbocycles. The van der Waals surface area contributed by atoms with Gasteiger partial charge in [0, 0.05) is 42.5 Å². The van der Waals surface area contributed by atoms with Gasteiger partial charge in [-0.25, -0.2) is 5.43 Å². The van der Waals surface area contributed by atoms with E-state index in [9.17, 15) is 4.79 Å². The molecule has 8 nitrogen and oxygen atoms in total. The lowest BCUT2D eigenvalue weighted by Crippen LogP contribution is -2.18. The van der Waals surface area contributed by atoms with Gasteiger partial charge in [0.25, 0.3) is 5.91 Å². The van der Waals surface area contributed by atoms with Crippen molar-refractivity contribution < 1.29 is 14.3 Å². The maximum absolute atomic E-state index is 12.3. The van der Waals surface area contributed by atoms with E-state index in [1.54, 1.807) is 38.6 Å². The van der Waals surface area contributed by atoms with Gasteiger partial charge in [-0.15, -0.1) is 0 Å². The summed E-state index contributed by atoms with van der Waals surface area (Å²) < 4.78 is 10.7. The number of carbonyl (C=O) groups excluding carboxylic acids is 1. The molecule has 0 spiro atoms. The number of ether oxygens (including phenoxy) is 2. The van der Waals surface area contributed by atoms with Gasteiger partial charge in [-0.05, 0) is 36.4 Å². The standard InChI is InChI=1S/C21H23N5O3/c1-26(2)16-7-5-14(6-8-16)21(27)25-23-13-15-12-22-24-20(15)18-10-9-17(28-3)11-19(18)29-4/h5-13H,1-4H3,(H,22,24)(H,25,27)/b23-13+. The van der Waals surface area contributed by atoms with Crippen LogP contribution in [0.3, 0.4) is 0 Å². The van der Waals surface area contributed by atoms with E-state index in [0.717, 1.165) is 16.9 Å². The highest BCUT2D eigenvalue weighted by Crippen LogP contribution is 2.33. The van der Waals surface area contributed by atoms with Gasteiger partial charge >= 0.3 is 0 Å². The van der Waals surface area contributed by atoms with Gasteiger partial charge < -0.3 is 14.4 Å². The highest BCUT2D eigenvalue weighted by Gasteiger charge is 2.13. The molecule has 0 fully saturated rings. The second-order valence-corrected chi connectivity index (χ2v) is 6.41. The summed E-state index contributed by atoms with van der Waals surface area (Å²) in [4.78, 5) is 14.3. The van der Waals surface area contributed by atoms with Crippen molar-refractivity contribution in [2.75, 3.05) is 33.2 Å². The third-order valence-electron chi connectivity index (χ3n) is 4.36. The number of benzene rings is 2. The largest absolute Gasteiger partial charge is 0.497 e. The SMILES string of the molecule is COc1ccc(-c2[nH]ncc2/C=N/NC(=O)c2ccc(N(C)C)cc2)c(OC)c1. The van der Waals surface area contributed by atoms with E-state index in [0.29, 0.717) is 22.6 Å². The molecule has 0 atom stereocenters. The van der Waals surface area contributed by atoms with Crippen molar-refractivity contribution in [1.29, 1.82) is 0 Å². The number of hydrogen-bond donors (Lipinski definition) is 2. The zero-order valence-corrected chi connectivity index (χ0v) is 16.8. The fourth-order valence-electron chi connectivity index (χ4n) is 2.75. The van der Waals surface area contributed by atoms with Crippen molar-refractivity contribution in [1.82, 2.24) is 15.6 Å². The minimum atomic E-state index is -0.293. The Morgan fingerprint density at radius 2 is 1.90 bits per heavy atom. The van der Waals surface area contributed by atoms with Crippen molar-refractivity contribution in [3.8, 4) is 22.8 Å². The summed E-state index contributed by atoms with van der Waals surface area (Å²) in [5.74, 6) is 1.03. The maximum Gasteiger partial charge on any atom is 0.271 e. The quantitative estimate of drug-likeness (QED) is 0.476. The molecule has 0 saturated heterocycles. The monoisotopic (exact) mass is 393 g/mol. The Hall–Kier alpha value is -3.81. The molecule has 0 aliphatic carbocycles. The van der Waals surface area contributed by atoms with Crippen LogP contribution in [-0.4, -0.2) is 50.6 Å². The van der Waals surface area contributed by atoms with Gasteiger partial charge in [-0.2, -0.15) is 10.2 Å². The predicted molar refractivity (Wildman–Crippen MR) is 113 cm³/mol. The van der Waals surface area contributed by atoms with Gasteiger partial charge in [0.2, 0.25) is 0 Å². The number of aromatic amines is 1. The fourth-order valence-corrected chi connectivity index (χ4v) is 2.75. The van der Waals surface area contributed by atoms with E-state index in [2.05, 4.69) is 20.7 Å². The van der Waals surface area contributed by atoms with Gasteiger partial charge in [-0.3, -0.25) is 9.89 Å². The average molecular weight is 393 g/mol. The number of rotatable bonds is 7. The molecular weight excluding hydrogens is 370 g/mol. The molecule has 8 heteroatoms. The number of carbonyl (C=O) groups is 1. The summed E-state index contributed by atoms with van der Waals surface area (Å²) in [7, 11) is 7.07. The number of nitrogens with zero attached hydrogens (tertiary/aromatic N) is 3. The van der Waals surface area contributed by atoms with Gasteiger partial charge in [0.1, 0.15) is 11.5 Å². The van der Waals surface area contributed by atoms with Crippen LogP contribution in [0.2, 0.25) is 0 Å². The second-order valence-electron chi connectivity index (χ2n) is 6.41. The van der Waals surface area contributed by atoms with Crippen molar-refractivity contribution in [3.05, 3.63) is 59.8 Å². The van der Waals surface area contributed by atoms with Crippen LogP contribution in [0, 0.1) is 0 Å². The lowest BCUT2D eigenvalue weighted by Gasteiger charge is -2.12. The summed E-state index contributed by atoms with van der Waals surface area (Å²) in [6, 6.07) is 12.8. The molecule has 0 saturated carbocycles. The normalized spacial score (nSPS) is 10.8. The van der Waals surface area contributed by atoms with Crippen molar-refractivity contribution in [2.45, 2.75) is 0 Å². The second kappa shape index (κ2) is 8.92. The molecule has 0 aliphatic rings. The van der Waals surface area contributed by atoms with Crippen LogP contribution < -0.4 is 19.8 Å². The van der Waals surface area contributed by atoms with Crippen LogP contribution in [0.1, 0.15) is 15.9 Å². The van der Waals surface area contributed by atoms with E-state index in [1.807, 2.05) is 43.3 Å². The van der Waals surface area contributed by atoms with Crippen molar-refractivity contribution in [3.63, 3.8) is 0 Å². The number of nitrogens with one attached hydrogen (secondary N) is 2. The average Bonchev–Trinajstić information content (AvgIpc) is 3.21. The van der Waals surface area contributed by atoms with Crippen LogP contribution >= 0.6 is 0 Å². The first-order valence-corrected chi connectivity index (χ1v) is 8.90. The Bertz CT molecular complexity index is 1010. The summed E-state index contributed by atoms with van der Waals surface area (Å²) >= 11 is 0. The smallest absolute Gasteiger partial charge is 0.271 e. The predicted octanol–water partition coefficient (Wildman–Crippen LogP) is 2.92. The number of methoxy groups -OCH3 is 2. The molecule has 1 amide bonds. The number of hydrogen-bond acceptors (Lipinski definition) is 6. The zero-order valence-electron chi connectivity index (χ0n) is 16.8. The number of aromatic nitrogens is 2. The summed E-state index contributed by atoms with van der Waals surface area (Å²) in [6.07, 6.45) is 3.16. The molecular formula is C21H23N5O3. The van der Waals surface area contributed by atoms with Crippen molar-refractivity contribution in [2.24, 2.45) is 5.10 Å². The van der Waals surface area contributed by atoms with E-state index in [4.69, 9.17) is 9.47 Å². The molecule has 150 valence electrons. The fraction of sp³-hybridized carbons (Fsp3) is 0.190. The lowest BCUT2D eigenvalue weighted by molar-refractivity contribution is 0.0955. The Kier molecular flexibility index (Phi) is 6.13. The molecule has 1 aromatic heterocycles. The van der Waals surface area contributed by atoms with Crippen LogP contribution in [0.4, 0.5) is 5.69 Å². The van der Waals surface area contributed by atoms with Gasteiger partial charge in [0.05, 0.1) is 32.3 Å². The van der Waals surface area contributed by atoms with Crippen LogP contribution in [0.15, 0.2) is 53.8 Å². The Balaban J connectivity index is 1.75.